The van der Waals surface area contributed by atoms with E-state index in [0.717, 1.165) is 24.0 Å². The number of rotatable bonds is 6. The molecular formula is C25H20Cl2N2O2. The van der Waals surface area contributed by atoms with E-state index in [9.17, 15) is 4.79 Å². The third-order valence-corrected chi connectivity index (χ3v) is 5.49. The first-order valence-electron chi connectivity index (χ1n) is 9.97. The van der Waals surface area contributed by atoms with Crippen LogP contribution in [0.2, 0.25) is 10.0 Å². The van der Waals surface area contributed by atoms with Gasteiger partial charge in [0, 0.05) is 18.2 Å². The average molecular weight is 451 g/mol. The first-order chi connectivity index (χ1) is 15.1. The van der Waals surface area contributed by atoms with E-state index in [0.29, 0.717) is 27.2 Å². The van der Waals surface area contributed by atoms with Crippen LogP contribution in [0.3, 0.4) is 0 Å². The van der Waals surface area contributed by atoms with Crippen LogP contribution in [-0.4, -0.2) is 15.5 Å². The van der Waals surface area contributed by atoms with E-state index in [-0.39, 0.29) is 5.56 Å². The summed E-state index contributed by atoms with van der Waals surface area (Å²) < 4.78 is 7.92. The van der Waals surface area contributed by atoms with Crippen molar-refractivity contribution in [2.24, 2.45) is 0 Å². The molecule has 1 heterocycles. The highest BCUT2D eigenvalue weighted by atomic mass is 35.5. The Morgan fingerprint density at radius 3 is 2.23 bits per heavy atom. The molecule has 0 radical (unpaired) electrons. The Morgan fingerprint density at radius 1 is 0.935 bits per heavy atom. The number of benzene rings is 3. The van der Waals surface area contributed by atoms with Gasteiger partial charge in [0.25, 0.3) is 0 Å². The van der Waals surface area contributed by atoms with Crippen molar-refractivity contribution in [2.75, 3.05) is 0 Å². The van der Waals surface area contributed by atoms with Crippen LogP contribution in [0.5, 0.6) is 0 Å². The lowest BCUT2D eigenvalue weighted by atomic mass is 10.1. The summed E-state index contributed by atoms with van der Waals surface area (Å²) in [5, 5.41) is 0.795. The monoisotopic (exact) mass is 450 g/mol. The number of esters is 1. The van der Waals surface area contributed by atoms with Crippen molar-refractivity contribution >= 4 is 52.0 Å². The Hall–Kier alpha value is -3.08. The molecule has 0 spiro atoms. The van der Waals surface area contributed by atoms with E-state index in [2.05, 4.69) is 11.5 Å². The number of para-hydroxylation sites is 2. The Morgan fingerprint density at radius 2 is 1.55 bits per heavy atom. The molecule has 0 atom stereocenters. The number of fused-ring (bicyclic) bond motifs is 1. The normalized spacial score (nSPS) is 11.6. The molecule has 156 valence electrons. The second kappa shape index (κ2) is 9.38. The van der Waals surface area contributed by atoms with Crippen molar-refractivity contribution in [3.8, 4) is 0 Å². The van der Waals surface area contributed by atoms with Gasteiger partial charge in [-0.3, -0.25) is 0 Å². The standard InChI is InChI=1S/C25H20Cl2N2O2/c1-2-15-29-22-14-8-7-13-21(22)28-24(29)16-23(17-9-3-5-11-19(17)26)31-25(30)18-10-4-6-12-20(18)27/h3-14,16H,2,15H2,1H3/b23-16-. The average Bonchev–Trinajstić information content (AvgIpc) is 3.11. The smallest absolute Gasteiger partial charge is 0.345 e. The van der Waals surface area contributed by atoms with E-state index in [4.69, 9.17) is 32.9 Å². The predicted molar refractivity (Wildman–Crippen MR) is 126 cm³/mol. The summed E-state index contributed by atoms with van der Waals surface area (Å²) in [5.41, 5.74) is 2.77. The van der Waals surface area contributed by atoms with Crippen LogP contribution in [0.25, 0.3) is 22.9 Å². The zero-order valence-electron chi connectivity index (χ0n) is 16.9. The molecule has 0 saturated carbocycles. The summed E-state index contributed by atoms with van der Waals surface area (Å²) in [6.07, 6.45) is 2.69. The van der Waals surface area contributed by atoms with Crippen molar-refractivity contribution in [3.63, 3.8) is 0 Å². The van der Waals surface area contributed by atoms with E-state index in [1.807, 2.05) is 36.4 Å². The number of ether oxygens (including phenoxy) is 1. The highest BCUT2D eigenvalue weighted by Gasteiger charge is 2.18. The molecule has 0 bridgehead atoms. The molecular weight excluding hydrogens is 431 g/mol. The predicted octanol–water partition coefficient (Wildman–Crippen LogP) is 7.11. The van der Waals surface area contributed by atoms with Crippen LogP contribution < -0.4 is 0 Å². The van der Waals surface area contributed by atoms with Crippen LogP contribution in [0.4, 0.5) is 0 Å². The van der Waals surface area contributed by atoms with E-state index in [1.165, 1.54) is 0 Å². The lowest BCUT2D eigenvalue weighted by Gasteiger charge is -2.12. The second-order valence-electron chi connectivity index (χ2n) is 6.97. The number of hydrogen-bond donors (Lipinski definition) is 0. The number of nitrogens with zero attached hydrogens (tertiary/aromatic N) is 2. The Labute approximate surface area is 190 Å². The van der Waals surface area contributed by atoms with Gasteiger partial charge in [0.05, 0.1) is 26.6 Å². The van der Waals surface area contributed by atoms with Crippen molar-refractivity contribution in [1.82, 2.24) is 9.55 Å². The number of imidazole rings is 1. The van der Waals surface area contributed by atoms with Crippen LogP contribution in [-0.2, 0) is 11.3 Å². The Balaban J connectivity index is 1.84. The molecule has 1 aromatic heterocycles. The fraction of sp³-hybridized carbons (Fsp3) is 0.120. The molecule has 0 aliphatic heterocycles. The summed E-state index contributed by atoms with van der Waals surface area (Å²) in [6, 6.07) is 21.9. The zero-order valence-corrected chi connectivity index (χ0v) is 18.4. The summed E-state index contributed by atoms with van der Waals surface area (Å²) in [5.74, 6) is 0.433. The lowest BCUT2D eigenvalue weighted by molar-refractivity contribution is 0.0694. The number of carbonyl (C=O) groups excluding carboxylic acids is 1. The summed E-state index contributed by atoms with van der Waals surface area (Å²) in [4.78, 5) is 17.7. The van der Waals surface area contributed by atoms with Gasteiger partial charge in [-0.05, 0) is 42.8 Å². The van der Waals surface area contributed by atoms with Gasteiger partial charge in [-0.25, -0.2) is 9.78 Å². The maximum Gasteiger partial charge on any atom is 0.345 e. The van der Waals surface area contributed by atoms with Gasteiger partial charge < -0.3 is 9.30 Å². The molecule has 0 saturated heterocycles. The van der Waals surface area contributed by atoms with Crippen molar-refractivity contribution in [1.29, 1.82) is 0 Å². The van der Waals surface area contributed by atoms with Crippen LogP contribution in [0.1, 0.15) is 35.1 Å². The third kappa shape index (κ3) is 4.50. The number of aromatic nitrogens is 2. The van der Waals surface area contributed by atoms with Gasteiger partial charge in [-0.1, -0.05) is 66.5 Å². The van der Waals surface area contributed by atoms with Crippen molar-refractivity contribution in [3.05, 3.63) is 99.8 Å². The Bertz CT molecular complexity index is 1280. The number of carbonyl (C=O) groups is 1. The van der Waals surface area contributed by atoms with E-state index >= 15 is 0 Å². The molecule has 3 aromatic carbocycles. The molecule has 0 fully saturated rings. The van der Waals surface area contributed by atoms with Gasteiger partial charge in [-0.15, -0.1) is 0 Å². The summed E-state index contributed by atoms with van der Waals surface area (Å²) in [6.45, 7) is 2.88. The fourth-order valence-electron chi connectivity index (χ4n) is 3.39. The Kier molecular flexibility index (Phi) is 6.40. The highest BCUT2D eigenvalue weighted by molar-refractivity contribution is 6.34. The first-order valence-corrected chi connectivity index (χ1v) is 10.7. The zero-order chi connectivity index (χ0) is 21.8. The quantitative estimate of drug-likeness (QED) is 0.232. The van der Waals surface area contributed by atoms with Crippen LogP contribution in [0, 0.1) is 0 Å². The summed E-state index contributed by atoms with van der Waals surface area (Å²) >= 11 is 12.6. The van der Waals surface area contributed by atoms with Gasteiger partial charge in [0.15, 0.2) is 0 Å². The number of aryl methyl sites for hydroxylation is 1. The van der Waals surface area contributed by atoms with E-state index < -0.39 is 5.97 Å². The SMILES string of the molecule is CCCn1c(/C=C(\OC(=O)c2ccccc2Cl)c2ccccc2Cl)nc2ccccc21. The van der Waals surface area contributed by atoms with Crippen molar-refractivity contribution < 1.29 is 9.53 Å². The highest BCUT2D eigenvalue weighted by Crippen LogP contribution is 2.29. The molecule has 4 rings (SSSR count). The molecule has 31 heavy (non-hydrogen) atoms. The molecule has 0 aliphatic carbocycles. The maximum atomic E-state index is 12.9. The third-order valence-electron chi connectivity index (χ3n) is 4.83. The minimum atomic E-state index is -0.560. The number of halogens is 2. The first kappa shape index (κ1) is 21.2. The van der Waals surface area contributed by atoms with Gasteiger partial charge in [0.1, 0.15) is 11.6 Å². The van der Waals surface area contributed by atoms with Crippen molar-refractivity contribution in [2.45, 2.75) is 19.9 Å². The van der Waals surface area contributed by atoms with E-state index in [1.54, 1.807) is 42.5 Å². The van der Waals surface area contributed by atoms with Gasteiger partial charge >= 0.3 is 5.97 Å². The molecule has 4 nitrogen and oxygen atoms in total. The van der Waals surface area contributed by atoms with Crippen LogP contribution >= 0.6 is 23.2 Å². The van der Waals surface area contributed by atoms with Gasteiger partial charge in [0.2, 0.25) is 0 Å². The molecule has 0 amide bonds. The second-order valence-corrected chi connectivity index (χ2v) is 7.78. The molecule has 0 N–H and O–H groups in total. The molecule has 4 aromatic rings. The maximum absolute atomic E-state index is 12.9. The van der Waals surface area contributed by atoms with Gasteiger partial charge in [-0.2, -0.15) is 0 Å². The largest absolute Gasteiger partial charge is 0.422 e. The fourth-order valence-corrected chi connectivity index (χ4v) is 3.83. The molecule has 6 heteroatoms. The number of hydrogen-bond acceptors (Lipinski definition) is 3. The summed E-state index contributed by atoms with van der Waals surface area (Å²) in [7, 11) is 0. The topological polar surface area (TPSA) is 44.1 Å². The molecule has 0 aliphatic rings. The minimum absolute atomic E-state index is 0.282. The lowest BCUT2D eigenvalue weighted by Crippen LogP contribution is -2.07. The van der Waals surface area contributed by atoms with Crippen LogP contribution in [0.15, 0.2) is 72.8 Å². The molecule has 0 unspecified atom stereocenters. The minimum Gasteiger partial charge on any atom is -0.422 e.